The number of rotatable bonds is 10. The molecule has 3 heteroatoms. The second-order valence-electron chi connectivity index (χ2n) is 4.94. The van der Waals surface area contributed by atoms with Crippen LogP contribution in [-0.2, 0) is 4.74 Å². The predicted octanol–water partition coefficient (Wildman–Crippen LogP) is 3.60. The minimum absolute atomic E-state index is 0.148. The first-order valence-corrected chi connectivity index (χ1v) is 7.70. The van der Waals surface area contributed by atoms with Crippen LogP contribution in [-0.4, -0.2) is 32.6 Å². The summed E-state index contributed by atoms with van der Waals surface area (Å²) in [5.74, 6) is 1.11. The third-order valence-corrected chi connectivity index (χ3v) is 4.20. The Hall–Kier alpha value is -0.770. The van der Waals surface area contributed by atoms with Crippen molar-refractivity contribution in [3.63, 3.8) is 0 Å². The first-order valence-electron chi connectivity index (χ1n) is 6.71. The number of methoxy groups -OCH3 is 1. The van der Waals surface area contributed by atoms with Gasteiger partial charge in [-0.2, -0.15) is 0 Å². The number of thioether (sulfide) groups is 1. The smallest absolute Gasteiger partial charge is 0.0587 e. The number of hydrogen-bond acceptors (Lipinski definition) is 3. The van der Waals surface area contributed by atoms with Crippen molar-refractivity contribution in [3.05, 3.63) is 43.0 Å². The van der Waals surface area contributed by atoms with Gasteiger partial charge in [0.05, 0.1) is 6.61 Å². The van der Waals surface area contributed by atoms with Gasteiger partial charge in [-0.05, 0) is 29.7 Å². The van der Waals surface area contributed by atoms with Crippen LogP contribution in [0.25, 0.3) is 0 Å². The van der Waals surface area contributed by atoms with Gasteiger partial charge in [0.1, 0.15) is 0 Å². The quantitative estimate of drug-likeness (QED) is 0.402. The molecule has 1 unspecified atom stereocenters. The molecular weight excluding hydrogens is 254 g/mol. The van der Waals surface area contributed by atoms with Gasteiger partial charge in [-0.3, -0.25) is 0 Å². The molecule has 106 valence electrons. The van der Waals surface area contributed by atoms with Crippen LogP contribution in [0.5, 0.6) is 0 Å². The van der Waals surface area contributed by atoms with Gasteiger partial charge >= 0.3 is 0 Å². The van der Waals surface area contributed by atoms with Crippen LogP contribution in [0, 0.1) is 5.41 Å². The summed E-state index contributed by atoms with van der Waals surface area (Å²) in [5.41, 5.74) is 0.148. The van der Waals surface area contributed by atoms with E-state index in [1.807, 2.05) is 11.8 Å². The highest BCUT2D eigenvalue weighted by molar-refractivity contribution is 7.99. The summed E-state index contributed by atoms with van der Waals surface area (Å²) >= 11 is 1.91. The Labute approximate surface area is 121 Å². The summed E-state index contributed by atoms with van der Waals surface area (Å²) in [5, 5.41) is 3.42. The topological polar surface area (TPSA) is 21.3 Å². The van der Waals surface area contributed by atoms with Crippen molar-refractivity contribution >= 4 is 11.8 Å². The zero-order valence-electron chi connectivity index (χ0n) is 12.0. The molecule has 2 nitrogen and oxygen atoms in total. The molecule has 0 aliphatic carbocycles. The summed E-state index contributed by atoms with van der Waals surface area (Å²) < 4.78 is 5.04. The molecule has 0 aliphatic heterocycles. The molecular formula is C16H25NOS. The van der Waals surface area contributed by atoms with Crippen molar-refractivity contribution < 1.29 is 4.74 Å². The Morgan fingerprint density at radius 1 is 1.37 bits per heavy atom. The van der Waals surface area contributed by atoms with E-state index in [0.717, 1.165) is 31.9 Å². The number of ether oxygens (including phenoxy) is 1. The summed E-state index contributed by atoms with van der Waals surface area (Å²) in [6.07, 6.45) is 3.19. The molecule has 0 heterocycles. The van der Waals surface area contributed by atoms with Gasteiger partial charge in [0.15, 0.2) is 0 Å². The molecule has 1 rings (SSSR count). The van der Waals surface area contributed by atoms with Crippen molar-refractivity contribution in [3.8, 4) is 0 Å². The lowest BCUT2D eigenvalue weighted by Crippen LogP contribution is -2.32. The van der Waals surface area contributed by atoms with E-state index in [9.17, 15) is 0 Å². The fourth-order valence-electron chi connectivity index (χ4n) is 1.73. The van der Waals surface area contributed by atoms with E-state index >= 15 is 0 Å². The summed E-state index contributed by atoms with van der Waals surface area (Å²) in [6.45, 7) is 8.84. The van der Waals surface area contributed by atoms with E-state index in [0.29, 0.717) is 0 Å². The van der Waals surface area contributed by atoms with Gasteiger partial charge in [0.25, 0.3) is 0 Å². The van der Waals surface area contributed by atoms with Crippen molar-refractivity contribution in [2.45, 2.75) is 18.2 Å². The molecule has 1 N–H and O–H groups in total. The Morgan fingerprint density at radius 3 is 2.74 bits per heavy atom. The average molecular weight is 279 g/mol. The molecule has 0 saturated carbocycles. The molecule has 0 aliphatic rings. The van der Waals surface area contributed by atoms with Crippen molar-refractivity contribution in [1.82, 2.24) is 5.32 Å². The Kier molecular flexibility index (Phi) is 7.87. The fourth-order valence-corrected chi connectivity index (χ4v) is 2.88. The predicted molar refractivity (Wildman–Crippen MR) is 84.8 cm³/mol. The number of hydrogen-bond donors (Lipinski definition) is 1. The van der Waals surface area contributed by atoms with Gasteiger partial charge in [-0.1, -0.05) is 31.2 Å². The lowest BCUT2D eigenvalue weighted by molar-refractivity contribution is 0.195. The second kappa shape index (κ2) is 9.18. The third kappa shape index (κ3) is 6.81. The average Bonchev–Trinajstić information content (AvgIpc) is 2.45. The maximum atomic E-state index is 5.04. The van der Waals surface area contributed by atoms with Crippen LogP contribution < -0.4 is 5.32 Å². The van der Waals surface area contributed by atoms with Gasteiger partial charge in [-0.25, -0.2) is 0 Å². The first-order chi connectivity index (χ1) is 9.20. The Morgan fingerprint density at radius 2 is 2.11 bits per heavy atom. The van der Waals surface area contributed by atoms with Crippen LogP contribution in [0.3, 0.4) is 0 Å². The van der Waals surface area contributed by atoms with Gasteiger partial charge < -0.3 is 10.1 Å². The van der Waals surface area contributed by atoms with Gasteiger partial charge in [0.2, 0.25) is 0 Å². The van der Waals surface area contributed by atoms with Gasteiger partial charge in [0, 0.05) is 25.1 Å². The molecule has 0 saturated heterocycles. The van der Waals surface area contributed by atoms with E-state index in [-0.39, 0.29) is 5.41 Å². The molecule has 1 aromatic rings. The van der Waals surface area contributed by atoms with Crippen molar-refractivity contribution in [2.75, 3.05) is 32.6 Å². The fraction of sp³-hybridized carbons (Fsp3) is 0.500. The molecule has 0 bridgehead atoms. The molecule has 0 amide bonds. The highest BCUT2D eigenvalue weighted by Crippen LogP contribution is 2.27. The highest BCUT2D eigenvalue weighted by Gasteiger charge is 2.19. The zero-order chi connectivity index (χ0) is 14.0. The normalized spacial score (nSPS) is 14.0. The lowest BCUT2D eigenvalue weighted by atomic mass is 9.88. The van der Waals surface area contributed by atoms with E-state index in [1.165, 1.54) is 4.90 Å². The number of nitrogens with one attached hydrogen (secondary N) is 1. The molecule has 0 radical (unpaired) electrons. The monoisotopic (exact) mass is 279 g/mol. The number of benzene rings is 1. The van der Waals surface area contributed by atoms with E-state index in [2.05, 4.69) is 55.2 Å². The molecule has 0 spiro atoms. The van der Waals surface area contributed by atoms with Crippen LogP contribution in [0.1, 0.15) is 13.3 Å². The Balaban J connectivity index is 2.28. The minimum Gasteiger partial charge on any atom is -0.383 e. The zero-order valence-corrected chi connectivity index (χ0v) is 12.8. The molecule has 1 aromatic carbocycles. The molecule has 0 fully saturated rings. The molecule has 1 atom stereocenters. The Bertz CT molecular complexity index is 355. The standard InChI is InChI=1S/C16H25NOS/c1-4-16(2,14-17-11-12-18-3)10-13-19-15-8-6-5-7-9-15/h4-9,17H,1,10-14H2,2-3H3. The van der Waals surface area contributed by atoms with Crippen LogP contribution in [0.15, 0.2) is 47.9 Å². The lowest BCUT2D eigenvalue weighted by Gasteiger charge is -2.26. The second-order valence-corrected chi connectivity index (χ2v) is 6.11. The van der Waals surface area contributed by atoms with Crippen molar-refractivity contribution in [1.29, 1.82) is 0 Å². The van der Waals surface area contributed by atoms with E-state index < -0.39 is 0 Å². The summed E-state index contributed by atoms with van der Waals surface area (Å²) in [4.78, 5) is 1.33. The van der Waals surface area contributed by atoms with E-state index in [4.69, 9.17) is 4.74 Å². The largest absolute Gasteiger partial charge is 0.383 e. The molecule has 0 aromatic heterocycles. The summed E-state index contributed by atoms with van der Waals surface area (Å²) in [7, 11) is 1.73. The molecule has 19 heavy (non-hydrogen) atoms. The van der Waals surface area contributed by atoms with Crippen molar-refractivity contribution in [2.24, 2.45) is 5.41 Å². The highest BCUT2D eigenvalue weighted by atomic mass is 32.2. The van der Waals surface area contributed by atoms with Crippen LogP contribution >= 0.6 is 11.8 Å². The third-order valence-electron chi connectivity index (χ3n) is 3.19. The maximum absolute atomic E-state index is 5.04. The first kappa shape index (κ1) is 16.3. The van der Waals surface area contributed by atoms with Crippen LogP contribution in [0.4, 0.5) is 0 Å². The summed E-state index contributed by atoms with van der Waals surface area (Å²) in [6, 6.07) is 10.5. The van der Waals surface area contributed by atoms with Gasteiger partial charge in [-0.15, -0.1) is 18.3 Å². The van der Waals surface area contributed by atoms with E-state index in [1.54, 1.807) is 7.11 Å². The minimum atomic E-state index is 0.148. The SMILES string of the molecule is C=CC(C)(CCSc1ccccc1)CNCCOC. The van der Waals surface area contributed by atoms with Crippen LogP contribution in [0.2, 0.25) is 0 Å². The maximum Gasteiger partial charge on any atom is 0.0587 e.